The molecule has 0 bridgehead atoms. The van der Waals surface area contributed by atoms with Crippen LogP contribution in [0.3, 0.4) is 0 Å². The minimum atomic E-state index is -0.582. The van der Waals surface area contributed by atoms with E-state index in [1.54, 1.807) is 18.3 Å². The maximum atomic E-state index is 11.0. The highest BCUT2D eigenvalue weighted by Gasteiger charge is 2.07. The van der Waals surface area contributed by atoms with Gasteiger partial charge in [-0.15, -0.1) is 5.10 Å². The van der Waals surface area contributed by atoms with E-state index < -0.39 is 5.91 Å². The van der Waals surface area contributed by atoms with Gasteiger partial charge in [0, 0.05) is 12.4 Å². The van der Waals surface area contributed by atoms with Crippen LogP contribution in [0.1, 0.15) is 10.5 Å². The summed E-state index contributed by atoms with van der Waals surface area (Å²) in [6.07, 6.45) is 3.18. The monoisotopic (exact) mass is 281 g/mol. The van der Waals surface area contributed by atoms with Crippen molar-refractivity contribution in [2.24, 2.45) is 5.73 Å². The van der Waals surface area contributed by atoms with Crippen LogP contribution in [0.4, 0.5) is 5.82 Å². The van der Waals surface area contributed by atoms with E-state index in [0.29, 0.717) is 16.0 Å². The van der Waals surface area contributed by atoms with Gasteiger partial charge >= 0.3 is 0 Å². The smallest absolute Gasteiger partial charge is 0.267 e. The third kappa shape index (κ3) is 1.89. The van der Waals surface area contributed by atoms with Crippen molar-refractivity contribution in [3.05, 3.63) is 34.7 Å². The van der Waals surface area contributed by atoms with Crippen molar-refractivity contribution in [3.63, 3.8) is 0 Å². The quantitative estimate of drug-likeness (QED) is 0.847. The van der Waals surface area contributed by atoms with Crippen LogP contribution >= 0.6 is 15.9 Å². The molecule has 7 heteroatoms. The second-order valence-electron chi connectivity index (χ2n) is 3.07. The lowest BCUT2D eigenvalue weighted by atomic mass is 10.3. The number of anilines is 1. The van der Waals surface area contributed by atoms with Crippen LogP contribution in [0.15, 0.2) is 29.0 Å². The minimum Gasteiger partial charge on any atom is -0.381 e. The summed E-state index contributed by atoms with van der Waals surface area (Å²) in [6, 6.07) is 3.24. The Hall–Kier alpha value is -1.89. The number of rotatable bonds is 2. The molecule has 2 heterocycles. The van der Waals surface area contributed by atoms with E-state index in [0.717, 1.165) is 0 Å². The average molecular weight is 282 g/mol. The number of aromatic nitrogens is 3. The number of nitrogens with zero attached hydrogens (tertiary/aromatic N) is 3. The normalized spacial score (nSPS) is 10.3. The number of pyridine rings is 1. The Labute approximate surface area is 99.4 Å². The first-order valence-corrected chi connectivity index (χ1v) is 5.14. The maximum Gasteiger partial charge on any atom is 0.267 e. The fraction of sp³-hybridized carbons (Fsp3) is 0. The van der Waals surface area contributed by atoms with Crippen molar-refractivity contribution in [1.82, 2.24) is 14.8 Å². The summed E-state index contributed by atoms with van der Waals surface area (Å²) in [5.41, 5.74) is 11.6. The lowest BCUT2D eigenvalue weighted by molar-refractivity contribution is 0.0995. The highest BCUT2D eigenvalue weighted by atomic mass is 79.9. The Bertz CT molecular complexity index is 531. The van der Waals surface area contributed by atoms with Crippen LogP contribution in [-0.4, -0.2) is 20.7 Å². The van der Waals surface area contributed by atoms with Crippen LogP contribution < -0.4 is 11.5 Å². The predicted molar refractivity (Wildman–Crippen MR) is 62.0 cm³/mol. The number of primary amides is 1. The van der Waals surface area contributed by atoms with Crippen LogP contribution in [0, 0.1) is 0 Å². The molecule has 0 radical (unpaired) electrons. The standard InChI is InChI=1S/C9H8BrN5O/c10-6-4-15(14-8(6)11)5-1-2-13-7(3-5)9(12)16/h1-4H,(H2,11,14)(H2,12,16). The molecule has 0 fully saturated rings. The Balaban J connectivity index is 2.48. The molecule has 82 valence electrons. The maximum absolute atomic E-state index is 11.0. The highest BCUT2D eigenvalue weighted by molar-refractivity contribution is 9.10. The molecule has 0 aromatic carbocycles. The lowest BCUT2D eigenvalue weighted by Gasteiger charge is -2.01. The van der Waals surface area contributed by atoms with E-state index in [9.17, 15) is 4.79 Å². The summed E-state index contributed by atoms with van der Waals surface area (Å²) < 4.78 is 2.22. The number of hydrogen-bond acceptors (Lipinski definition) is 4. The lowest BCUT2D eigenvalue weighted by Crippen LogP contribution is -2.13. The Kier molecular flexibility index (Phi) is 2.61. The molecule has 0 aliphatic rings. The van der Waals surface area contributed by atoms with Gasteiger partial charge in [0.1, 0.15) is 5.69 Å². The van der Waals surface area contributed by atoms with Gasteiger partial charge in [-0.05, 0) is 28.1 Å². The molecule has 0 spiro atoms. The second kappa shape index (κ2) is 3.93. The molecule has 0 aliphatic heterocycles. The molecule has 6 nitrogen and oxygen atoms in total. The molecule has 16 heavy (non-hydrogen) atoms. The number of halogens is 1. The van der Waals surface area contributed by atoms with Gasteiger partial charge in [0.25, 0.3) is 5.91 Å². The van der Waals surface area contributed by atoms with Crippen molar-refractivity contribution in [2.75, 3.05) is 5.73 Å². The summed E-state index contributed by atoms with van der Waals surface area (Å²) in [7, 11) is 0. The molecular formula is C9H8BrN5O. The summed E-state index contributed by atoms with van der Waals surface area (Å²) in [5, 5.41) is 4.05. The van der Waals surface area contributed by atoms with Crippen molar-refractivity contribution in [1.29, 1.82) is 0 Å². The van der Waals surface area contributed by atoms with Gasteiger partial charge in [0.05, 0.1) is 10.2 Å². The first kappa shape index (κ1) is 10.6. The van der Waals surface area contributed by atoms with E-state index in [-0.39, 0.29) is 5.69 Å². The van der Waals surface area contributed by atoms with E-state index in [2.05, 4.69) is 26.0 Å². The van der Waals surface area contributed by atoms with Crippen molar-refractivity contribution in [3.8, 4) is 5.69 Å². The number of hydrogen-bond donors (Lipinski definition) is 2. The predicted octanol–water partition coefficient (Wildman–Crippen LogP) is 0.711. The minimum absolute atomic E-state index is 0.183. The molecule has 1 amide bonds. The summed E-state index contributed by atoms with van der Waals surface area (Å²) in [6.45, 7) is 0. The second-order valence-corrected chi connectivity index (χ2v) is 3.92. The van der Waals surface area contributed by atoms with Gasteiger partial charge in [0.2, 0.25) is 0 Å². The van der Waals surface area contributed by atoms with Crippen LogP contribution in [0.2, 0.25) is 0 Å². The number of carbonyl (C=O) groups excluding carboxylic acids is 1. The molecule has 0 unspecified atom stereocenters. The highest BCUT2D eigenvalue weighted by Crippen LogP contribution is 2.19. The summed E-state index contributed by atoms with van der Waals surface area (Å²) in [4.78, 5) is 14.8. The Morgan fingerprint density at radius 2 is 2.25 bits per heavy atom. The molecule has 0 atom stereocenters. The fourth-order valence-electron chi connectivity index (χ4n) is 1.20. The molecular weight excluding hydrogens is 274 g/mol. The van der Waals surface area contributed by atoms with E-state index in [1.807, 2.05) is 0 Å². The first-order valence-electron chi connectivity index (χ1n) is 4.35. The van der Waals surface area contributed by atoms with E-state index in [1.165, 1.54) is 10.9 Å². The third-order valence-electron chi connectivity index (χ3n) is 1.96. The molecule has 0 aliphatic carbocycles. The van der Waals surface area contributed by atoms with Gasteiger partial charge in [0.15, 0.2) is 5.82 Å². The van der Waals surface area contributed by atoms with Crippen molar-refractivity contribution in [2.45, 2.75) is 0 Å². The van der Waals surface area contributed by atoms with Crippen LogP contribution in [0.5, 0.6) is 0 Å². The largest absolute Gasteiger partial charge is 0.381 e. The summed E-state index contributed by atoms with van der Waals surface area (Å²) >= 11 is 3.25. The first-order chi connectivity index (χ1) is 7.58. The molecule has 4 N–H and O–H groups in total. The van der Waals surface area contributed by atoms with Crippen LogP contribution in [-0.2, 0) is 0 Å². The average Bonchev–Trinajstić information content (AvgIpc) is 2.59. The molecule has 0 saturated carbocycles. The molecule has 2 aromatic heterocycles. The zero-order chi connectivity index (χ0) is 11.7. The van der Waals surface area contributed by atoms with Gasteiger partial charge in [-0.25, -0.2) is 4.68 Å². The van der Waals surface area contributed by atoms with Gasteiger partial charge in [-0.1, -0.05) is 0 Å². The van der Waals surface area contributed by atoms with E-state index in [4.69, 9.17) is 11.5 Å². The Morgan fingerprint density at radius 1 is 1.50 bits per heavy atom. The van der Waals surface area contributed by atoms with Crippen LogP contribution in [0.25, 0.3) is 5.69 Å². The summed E-state index contributed by atoms with van der Waals surface area (Å²) in [5.74, 6) is -0.210. The molecule has 2 aromatic rings. The van der Waals surface area contributed by atoms with Crippen molar-refractivity contribution < 1.29 is 4.79 Å². The van der Waals surface area contributed by atoms with Gasteiger partial charge in [-0.3, -0.25) is 9.78 Å². The number of carbonyl (C=O) groups is 1. The fourth-order valence-corrected chi connectivity index (χ4v) is 1.47. The van der Waals surface area contributed by atoms with E-state index >= 15 is 0 Å². The zero-order valence-corrected chi connectivity index (χ0v) is 9.68. The SMILES string of the molecule is NC(=O)c1cc(-n2cc(Br)c(N)n2)ccn1. The number of amides is 1. The number of nitrogen functional groups attached to an aromatic ring is 1. The van der Waals surface area contributed by atoms with Gasteiger partial charge < -0.3 is 11.5 Å². The number of nitrogens with two attached hydrogens (primary N) is 2. The van der Waals surface area contributed by atoms with Crippen molar-refractivity contribution >= 4 is 27.7 Å². The molecule has 0 saturated heterocycles. The topological polar surface area (TPSA) is 99.8 Å². The van der Waals surface area contributed by atoms with Gasteiger partial charge in [-0.2, -0.15) is 0 Å². The molecule has 2 rings (SSSR count). The third-order valence-corrected chi connectivity index (χ3v) is 2.57. The Morgan fingerprint density at radius 3 is 2.81 bits per heavy atom. The zero-order valence-electron chi connectivity index (χ0n) is 8.09.